The maximum atomic E-state index is 12.1. The number of benzene rings is 4. The molecule has 5 heteroatoms. The minimum atomic E-state index is -0.110. The van der Waals surface area contributed by atoms with Gasteiger partial charge >= 0.3 is 0 Å². The highest BCUT2D eigenvalue weighted by atomic mass is 32.2. The van der Waals surface area contributed by atoms with Crippen LogP contribution in [0.4, 0.5) is 0 Å². The molecule has 0 heterocycles. The van der Waals surface area contributed by atoms with Crippen LogP contribution in [0, 0.1) is 13.8 Å². The van der Waals surface area contributed by atoms with E-state index in [2.05, 4.69) is 72.9 Å². The van der Waals surface area contributed by atoms with Crippen molar-refractivity contribution in [3.05, 3.63) is 113 Å². The van der Waals surface area contributed by atoms with E-state index in [1.54, 1.807) is 18.0 Å². The van der Waals surface area contributed by atoms with Crippen LogP contribution < -0.4 is 10.2 Å². The highest BCUT2D eigenvalue weighted by Gasteiger charge is 2.03. The molecule has 1 amide bonds. The third-order valence-electron chi connectivity index (χ3n) is 5.34. The van der Waals surface area contributed by atoms with Gasteiger partial charge in [-0.3, -0.25) is 4.79 Å². The first-order valence-electron chi connectivity index (χ1n) is 11.2. The smallest absolute Gasteiger partial charge is 0.250 e. The van der Waals surface area contributed by atoms with Gasteiger partial charge in [0.25, 0.3) is 0 Å². The molecule has 34 heavy (non-hydrogen) atoms. The Morgan fingerprint density at radius 3 is 2.47 bits per heavy atom. The minimum Gasteiger partial charge on any atom is -0.489 e. The van der Waals surface area contributed by atoms with Gasteiger partial charge < -0.3 is 4.74 Å². The Kier molecular flexibility index (Phi) is 7.99. The number of amides is 1. The fourth-order valence-corrected chi connectivity index (χ4v) is 4.61. The highest BCUT2D eigenvalue weighted by molar-refractivity contribution is 7.99. The maximum Gasteiger partial charge on any atom is 0.250 e. The van der Waals surface area contributed by atoms with E-state index in [0.29, 0.717) is 12.4 Å². The number of hydrogen-bond donors (Lipinski definition) is 1. The molecule has 1 N–H and O–H groups in total. The summed E-state index contributed by atoms with van der Waals surface area (Å²) in [6, 6.07) is 28.7. The van der Waals surface area contributed by atoms with Gasteiger partial charge in [0.1, 0.15) is 12.4 Å². The maximum absolute atomic E-state index is 12.1. The summed E-state index contributed by atoms with van der Waals surface area (Å²) >= 11 is 1.58. The highest BCUT2D eigenvalue weighted by Crippen LogP contribution is 2.21. The Balaban J connectivity index is 1.22. The largest absolute Gasteiger partial charge is 0.489 e. The van der Waals surface area contributed by atoms with E-state index in [1.807, 2.05) is 36.4 Å². The minimum absolute atomic E-state index is 0.110. The summed E-state index contributed by atoms with van der Waals surface area (Å²) in [5.74, 6) is 1.85. The molecule has 0 aliphatic heterocycles. The molecule has 0 bridgehead atoms. The van der Waals surface area contributed by atoms with Crippen LogP contribution in [0.25, 0.3) is 10.8 Å². The number of nitrogens with zero attached hydrogens (tertiary/aromatic N) is 1. The first kappa shape index (κ1) is 23.6. The average Bonchev–Trinajstić information content (AvgIpc) is 2.83. The number of carbonyl (C=O) groups is 1. The van der Waals surface area contributed by atoms with Crippen molar-refractivity contribution in [3.8, 4) is 5.75 Å². The van der Waals surface area contributed by atoms with Crippen LogP contribution in [-0.2, 0) is 17.2 Å². The second kappa shape index (κ2) is 11.5. The molecule has 0 spiro atoms. The van der Waals surface area contributed by atoms with Crippen LogP contribution in [0.5, 0.6) is 5.75 Å². The number of rotatable bonds is 9. The Morgan fingerprint density at radius 2 is 1.68 bits per heavy atom. The quantitative estimate of drug-likeness (QED) is 0.228. The molecule has 0 saturated carbocycles. The van der Waals surface area contributed by atoms with E-state index < -0.39 is 0 Å². The van der Waals surface area contributed by atoms with Crippen LogP contribution in [0.15, 0.2) is 90.0 Å². The number of hydrazone groups is 1. The predicted octanol–water partition coefficient (Wildman–Crippen LogP) is 6.42. The van der Waals surface area contributed by atoms with Crippen molar-refractivity contribution in [1.29, 1.82) is 0 Å². The van der Waals surface area contributed by atoms with Crippen molar-refractivity contribution in [3.63, 3.8) is 0 Å². The molecule has 0 aliphatic carbocycles. The van der Waals surface area contributed by atoms with E-state index >= 15 is 0 Å². The van der Waals surface area contributed by atoms with E-state index in [0.717, 1.165) is 22.6 Å². The van der Waals surface area contributed by atoms with Crippen LogP contribution in [0.1, 0.15) is 27.8 Å². The third-order valence-corrected chi connectivity index (χ3v) is 6.34. The Hall–Kier alpha value is -3.57. The van der Waals surface area contributed by atoms with Gasteiger partial charge in [-0.2, -0.15) is 5.10 Å². The van der Waals surface area contributed by atoms with Gasteiger partial charge in [0, 0.05) is 5.75 Å². The van der Waals surface area contributed by atoms with Gasteiger partial charge in [-0.05, 0) is 65.6 Å². The number of hydrogen-bond acceptors (Lipinski definition) is 4. The molecule has 0 saturated heterocycles. The lowest BCUT2D eigenvalue weighted by molar-refractivity contribution is -0.118. The molecule has 0 atom stereocenters. The Labute approximate surface area is 205 Å². The van der Waals surface area contributed by atoms with E-state index in [9.17, 15) is 4.79 Å². The summed E-state index contributed by atoms with van der Waals surface area (Å²) in [5, 5.41) is 6.49. The molecule has 4 aromatic rings. The molecule has 4 rings (SSSR count). The zero-order valence-electron chi connectivity index (χ0n) is 19.5. The van der Waals surface area contributed by atoms with Crippen molar-refractivity contribution >= 4 is 34.7 Å². The molecule has 0 aliphatic rings. The first-order valence-corrected chi connectivity index (χ1v) is 12.4. The van der Waals surface area contributed by atoms with Gasteiger partial charge in [-0.1, -0.05) is 71.8 Å². The van der Waals surface area contributed by atoms with E-state index in [-0.39, 0.29) is 5.91 Å². The summed E-state index contributed by atoms with van der Waals surface area (Å²) in [6.45, 7) is 4.68. The Bertz CT molecular complexity index is 1270. The fraction of sp³-hybridized carbons (Fsp3) is 0.172. The molecule has 4 aromatic carbocycles. The van der Waals surface area contributed by atoms with Crippen molar-refractivity contribution in [2.24, 2.45) is 5.10 Å². The summed E-state index contributed by atoms with van der Waals surface area (Å²) in [5.41, 5.74) is 8.37. The number of carbonyl (C=O) groups excluding carboxylic acids is 1. The van der Waals surface area contributed by atoms with Crippen LogP contribution >= 0.6 is 11.8 Å². The summed E-state index contributed by atoms with van der Waals surface area (Å²) in [7, 11) is 0. The lowest BCUT2D eigenvalue weighted by Gasteiger charge is -2.09. The van der Waals surface area contributed by atoms with Crippen molar-refractivity contribution in [2.75, 3.05) is 5.75 Å². The molecule has 0 unspecified atom stereocenters. The number of thioether (sulfide) groups is 1. The number of aryl methyl sites for hydroxylation is 2. The second-order valence-electron chi connectivity index (χ2n) is 8.28. The van der Waals surface area contributed by atoms with Crippen LogP contribution in [0.2, 0.25) is 0 Å². The predicted molar refractivity (Wildman–Crippen MR) is 143 cm³/mol. The van der Waals surface area contributed by atoms with Crippen molar-refractivity contribution in [1.82, 2.24) is 5.43 Å². The first-order chi connectivity index (χ1) is 16.6. The lowest BCUT2D eigenvalue weighted by Crippen LogP contribution is -2.19. The molecule has 4 nitrogen and oxygen atoms in total. The molecule has 0 fully saturated rings. The van der Waals surface area contributed by atoms with Crippen molar-refractivity contribution < 1.29 is 9.53 Å². The fourth-order valence-electron chi connectivity index (χ4n) is 3.85. The standard InChI is InChI=1S/C29H28N2O2S/c1-21-14-22(2)16-24(15-21)19-34-20-29(32)31-30-17-23-10-12-27(13-11-23)33-18-26-8-5-7-25-6-3-4-9-28(25)26/h3-17H,18-20H2,1-2H3,(H,31,32)/b30-17+. The summed E-state index contributed by atoms with van der Waals surface area (Å²) in [4.78, 5) is 12.1. The summed E-state index contributed by atoms with van der Waals surface area (Å²) < 4.78 is 5.98. The van der Waals surface area contributed by atoms with E-state index in [1.165, 1.54) is 27.5 Å². The molecule has 172 valence electrons. The third kappa shape index (κ3) is 6.72. The zero-order valence-corrected chi connectivity index (χ0v) is 20.3. The second-order valence-corrected chi connectivity index (χ2v) is 9.26. The summed E-state index contributed by atoms with van der Waals surface area (Å²) in [6.07, 6.45) is 1.64. The normalized spacial score (nSPS) is 11.1. The topological polar surface area (TPSA) is 50.7 Å². The van der Waals surface area contributed by atoms with Gasteiger partial charge in [0.05, 0.1) is 12.0 Å². The number of ether oxygens (including phenoxy) is 1. The molecular weight excluding hydrogens is 440 g/mol. The number of nitrogens with one attached hydrogen (secondary N) is 1. The van der Waals surface area contributed by atoms with Crippen LogP contribution in [-0.4, -0.2) is 17.9 Å². The molecule has 0 radical (unpaired) electrons. The average molecular weight is 469 g/mol. The SMILES string of the molecule is Cc1cc(C)cc(CSCC(=O)N/N=C/c2ccc(OCc3cccc4ccccc34)cc2)c1. The molecule has 0 aromatic heterocycles. The van der Waals surface area contributed by atoms with Crippen LogP contribution in [0.3, 0.4) is 0 Å². The Morgan fingerprint density at radius 1 is 0.941 bits per heavy atom. The lowest BCUT2D eigenvalue weighted by atomic mass is 10.1. The molecular formula is C29H28N2O2S. The van der Waals surface area contributed by atoms with Crippen molar-refractivity contribution in [2.45, 2.75) is 26.2 Å². The van der Waals surface area contributed by atoms with Gasteiger partial charge in [-0.15, -0.1) is 11.8 Å². The van der Waals surface area contributed by atoms with E-state index in [4.69, 9.17) is 4.74 Å². The van der Waals surface area contributed by atoms with Gasteiger partial charge in [0.2, 0.25) is 5.91 Å². The monoisotopic (exact) mass is 468 g/mol. The number of fused-ring (bicyclic) bond motifs is 1. The zero-order chi connectivity index (χ0) is 23.8. The van der Waals surface area contributed by atoms with Gasteiger partial charge in [0.15, 0.2) is 0 Å². The van der Waals surface area contributed by atoms with Gasteiger partial charge in [-0.25, -0.2) is 5.43 Å².